The van der Waals surface area contributed by atoms with Gasteiger partial charge in [-0.15, -0.1) is 0 Å². The van der Waals surface area contributed by atoms with E-state index >= 15 is 0 Å². The number of aromatic amines is 1. The number of likely N-dealkylation sites (tertiary alicyclic amines) is 1. The van der Waals surface area contributed by atoms with Crippen LogP contribution in [0.5, 0.6) is 0 Å². The molecule has 1 aliphatic carbocycles. The minimum absolute atomic E-state index is 0.0130. The molecule has 3 aromatic heterocycles. The van der Waals surface area contributed by atoms with Gasteiger partial charge in [0, 0.05) is 44.2 Å². The van der Waals surface area contributed by atoms with Gasteiger partial charge in [0.15, 0.2) is 5.78 Å². The molecular weight excluding hydrogens is 475 g/mol. The van der Waals surface area contributed by atoms with Gasteiger partial charge >= 0.3 is 0 Å². The molecule has 2 atom stereocenters. The van der Waals surface area contributed by atoms with Crippen LogP contribution in [0, 0.1) is 5.95 Å². The number of aliphatic hydroxyl groups is 1. The van der Waals surface area contributed by atoms with E-state index in [0.717, 1.165) is 13.0 Å². The van der Waals surface area contributed by atoms with Gasteiger partial charge in [0.2, 0.25) is 11.9 Å². The lowest BCUT2D eigenvalue weighted by atomic mass is 9.92. The summed E-state index contributed by atoms with van der Waals surface area (Å²) in [6.07, 6.45) is 3.16. The molecular formula is C24H28F3N7O2. The van der Waals surface area contributed by atoms with Gasteiger partial charge < -0.3 is 20.7 Å². The van der Waals surface area contributed by atoms with Gasteiger partial charge in [-0.1, -0.05) is 0 Å². The second-order valence-corrected chi connectivity index (χ2v) is 9.54. The Labute approximate surface area is 205 Å². The standard InChI is InChI=1S/C24H28F3N7O2/c1-13(35)34-9-6-15(11-34)32-23-19-17(10-28-22(19)29-12-30-23)20(36)16-2-3-18(33-21(16)25)31-14-4-7-24(26,27)8-5-14/h2-3,10,12-15,35H,4-9,11H2,1H3,(H,31,33)(H2,28,29,30,32). The van der Waals surface area contributed by atoms with Crippen LogP contribution in [0.25, 0.3) is 11.0 Å². The fraction of sp³-hybridized carbons (Fsp3) is 0.500. The van der Waals surface area contributed by atoms with Gasteiger partial charge in [0.05, 0.1) is 16.5 Å². The normalized spacial score (nSPS) is 21.5. The molecule has 1 aliphatic heterocycles. The molecule has 4 heterocycles. The zero-order chi connectivity index (χ0) is 25.4. The summed E-state index contributed by atoms with van der Waals surface area (Å²) in [5.74, 6) is -3.53. The Hall–Kier alpha value is -3.25. The van der Waals surface area contributed by atoms with Gasteiger partial charge in [0.1, 0.15) is 29.8 Å². The predicted molar refractivity (Wildman–Crippen MR) is 128 cm³/mol. The number of aliphatic hydroxyl groups excluding tert-OH is 1. The van der Waals surface area contributed by atoms with Gasteiger partial charge in [-0.3, -0.25) is 9.69 Å². The first-order valence-corrected chi connectivity index (χ1v) is 12.1. The molecule has 9 nitrogen and oxygen atoms in total. The minimum Gasteiger partial charge on any atom is -0.379 e. The largest absolute Gasteiger partial charge is 0.379 e. The molecule has 0 radical (unpaired) electrons. The quantitative estimate of drug-likeness (QED) is 0.286. The topological polar surface area (TPSA) is 119 Å². The first-order chi connectivity index (χ1) is 17.2. The summed E-state index contributed by atoms with van der Waals surface area (Å²) in [6.45, 7) is 3.05. The lowest BCUT2D eigenvalue weighted by Crippen LogP contribution is -2.33. The van der Waals surface area contributed by atoms with Gasteiger partial charge in [-0.25, -0.2) is 23.7 Å². The summed E-state index contributed by atoms with van der Waals surface area (Å²) in [5, 5.41) is 16.6. The summed E-state index contributed by atoms with van der Waals surface area (Å²) in [5.41, 5.74) is 0.420. The highest BCUT2D eigenvalue weighted by Gasteiger charge is 2.35. The third kappa shape index (κ3) is 5.00. The van der Waals surface area contributed by atoms with Gasteiger partial charge in [-0.2, -0.15) is 4.39 Å². The number of alkyl halides is 2. The maximum atomic E-state index is 14.9. The molecule has 12 heteroatoms. The number of carbonyl (C=O) groups is 1. The van der Waals surface area contributed by atoms with E-state index in [0.29, 0.717) is 23.4 Å². The zero-order valence-corrected chi connectivity index (χ0v) is 19.8. The Morgan fingerprint density at radius 2 is 1.94 bits per heavy atom. The number of fused-ring (bicyclic) bond motifs is 1. The highest BCUT2D eigenvalue weighted by molar-refractivity contribution is 6.18. The van der Waals surface area contributed by atoms with Crippen LogP contribution in [0.1, 0.15) is 54.9 Å². The molecule has 5 rings (SSSR count). The summed E-state index contributed by atoms with van der Waals surface area (Å²) in [7, 11) is 0. The molecule has 2 fully saturated rings. The van der Waals surface area contributed by atoms with Crippen molar-refractivity contribution < 1.29 is 23.1 Å². The average molecular weight is 504 g/mol. The average Bonchev–Trinajstić information content (AvgIpc) is 3.48. The number of nitrogens with one attached hydrogen (secondary N) is 3. The molecule has 1 saturated carbocycles. The van der Waals surface area contributed by atoms with Crippen molar-refractivity contribution in [3.05, 3.63) is 41.7 Å². The number of hydrogen-bond donors (Lipinski definition) is 4. The maximum Gasteiger partial charge on any atom is 0.248 e. The van der Waals surface area contributed by atoms with Crippen LogP contribution in [0.3, 0.4) is 0 Å². The summed E-state index contributed by atoms with van der Waals surface area (Å²) >= 11 is 0. The lowest BCUT2D eigenvalue weighted by Gasteiger charge is -2.29. The molecule has 192 valence electrons. The van der Waals surface area contributed by atoms with Crippen molar-refractivity contribution in [3.8, 4) is 0 Å². The molecule has 0 aromatic carbocycles. The number of rotatable bonds is 7. The van der Waals surface area contributed by atoms with E-state index < -0.39 is 23.9 Å². The van der Waals surface area contributed by atoms with Crippen LogP contribution in [0.2, 0.25) is 0 Å². The van der Waals surface area contributed by atoms with E-state index in [-0.39, 0.29) is 54.7 Å². The fourth-order valence-electron chi connectivity index (χ4n) is 4.91. The van der Waals surface area contributed by atoms with E-state index in [1.54, 1.807) is 6.92 Å². The molecule has 4 N–H and O–H groups in total. The second-order valence-electron chi connectivity index (χ2n) is 9.54. The lowest BCUT2D eigenvalue weighted by molar-refractivity contribution is -0.0361. The summed E-state index contributed by atoms with van der Waals surface area (Å²) < 4.78 is 41.7. The number of anilines is 2. The number of pyridine rings is 1. The number of hydrogen-bond acceptors (Lipinski definition) is 8. The number of H-pyrrole nitrogens is 1. The van der Waals surface area contributed by atoms with Crippen molar-refractivity contribution in [1.82, 2.24) is 24.8 Å². The first-order valence-electron chi connectivity index (χ1n) is 12.1. The molecule has 3 aromatic rings. The number of aromatic nitrogens is 4. The van der Waals surface area contributed by atoms with Crippen molar-refractivity contribution in [2.75, 3.05) is 23.7 Å². The summed E-state index contributed by atoms with van der Waals surface area (Å²) in [4.78, 5) is 30.6. The Kier molecular flexibility index (Phi) is 6.56. The Morgan fingerprint density at radius 3 is 2.64 bits per heavy atom. The highest BCUT2D eigenvalue weighted by atomic mass is 19.3. The third-order valence-electron chi connectivity index (χ3n) is 6.97. The molecule has 0 bridgehead atoms. The van der Waals surface area contributed by atoms with Crippen LogP contribution < -0.4 is 10.6 Å². The van der Waals surface area contributed by atoms with E-state index in [9.17, 15) is 23.1 Å². The van der Waals surface area contributed by atoms with Crippen molar-refractivity contribution >= 4 is 28.5 Å². The predicted octanol–water partition coefficient (Wildman–Crippen LogP) is 3.54. The Bertz CT molecular complexity index is 1260. The maximum absolute atomic E-state index is 14.9. The van der Waals surface area contributed by atoms with Crippen LogP contribution in [0.15, 0.2) is 24.7 Å². The molecule has 1 saturated heterocycles. The molecule has 2 aliphatic rings. The Balaban J connectivity index is 1.35. The van der Waals surface area contributed by atoms with Crippen LogP contribution >= 0.6 is 0 Å². The third-order valence-corrected chi connectivity index (χ3v) is 6.97. The molecule has 36 heavy (non-hydrogen) atoms. The highest BCUT2D eigenvalue weighted by Crippen LogP contribution is 2.34. The molecule has 0 amide bonds. The van der Waals surface area contributed by atoms with Crippen molar-refractivity contribution in [2.45, 2.75) is 63.3 Å². The zero-order valence-electron chi connectivity index (χ0n) is 19.8. The van der Waals surface area contributed by atoms with Crippen LogP contribution in [-0.4, -0.2) is 73.0 Å². The number of halogens is 3. The number of ketones is 1. The number of carbonyl (C=O) groups excluding carboxylic acids is 1. The molecule has 2 unspecified atom stereocenters. The monoisotopic (exact) mass is 503 g/mol. The minimum atomic E-state index is -2.65. The fourth-order valence-corrected chi connectivity index (χ4v) is 4.91. The summed E-state index contributed by atoms with van der Waals surface area (Å²) in [6, 6.07) is 2.62. The van der Waals surface area contributed by atoms with Crippen LogP contribution in [0.4, 0.5) is 24.8 Å². The van der Waals surface area contributed by atoms with Crippen molar-refractivity contribution in [2.24, 2.45) is 0 Å². The van der Waals surface area contributed by atoms with Crippen molar-refractivity contribution in [3.63, 3.8) is 0 Å². The van der Waals surface area contributed by atoms with E-state index in [4.69, 9.17) is 0 Å². The van der Waals surface area contributed by atoms with Gasteiger partial charge in [-0.05, 0) is 38.3 Å². The molecule has 0 spiro atoms. The second kappa shape index (κ2) is 9.66. The number of nitrogens with zero attached hydrogens (tertiary/aromatic N) is 4. The van der Waals surface area contributed by atoms with E-state index in [2.05, 4.69) is 30.6 Å². The SMILES string of the molecule is CC(O)N1CCC(Nc2ncnc3[nH]cc(C(=O)c4ccc(NC5CCC(F)(F)CC5)nc4F)c23)C1. The van der Waals surface area contributed by atoms with Crippen LogP contribution in [-0.2, 0) is 0 Å². The van der Waals surface area contributed by atoms with Gasteiger partial charge in [0.25, 0.3) is 0 Å². The van der Waals surface area contributed by atoms with E-state index in [1.165, 1.54) is 24.7 Å². The van der Waals surface area contributed by atoms with E-state index in [1.807, 2.05) is 4.90 Å². The first kappa shape index (κ1) is 24.4. The van der Waals surface area contributed by atoms with Crippen molar-refractivity contribution in [1.29, 1.82) is 0 Å². The Morgan fingerprint density at radius 1 is 1.17 bits per heavy atom. The smallest absolute Gasteiger partial charge is 0.248 e.